The molecular formula is C17H18N2O3. The summed E-state index contributed by atoms with van der Waals surface area (Å²) in [4.78, 5) is 16.2. The molecular weight excluding hydrogens is 280 g/mol. The van der Waals surface area contributed by atoms with Crippen molar-refractivity contribution in [2.45, 2.75) is 6.42 Å². The van der Waals surface area contributed by atoms with Crippen molar-refractivity contribution in [3.63, 3.8) is 0 Å². The van der Waals surface area contributed by atoms with Gasteiger partial charge in [-0.1, -0.05) is 18.2 Å². The maximum atomic E-state index is 12.2. The maximum absolute atomic E-state index is 12.2. The van der Waals surface area contributed by atoms with Crippen molar-refractivity contribution >= 4 is 5.91 Å². The first-order valence-electron chi connectivity index (χ1n) is 7.25. The number of amides is 1. The molecule has 0 fully saturated rings. The van der Waals surface area contributed by atoms with Gasteiger partial charge in [-0.25, -0.2) is 4.98 Å². The summed E-state index contributed by atoms with van der Waals surface area (Å²) in [5.41, 5.74) is 1.74. The van der Waals surface area contributed by atoms with Gasteiger partial charge in [-0.15, -0.1) is 0 Å². The third kappa shape index (κ3) is 3.19. The number of nitrogens with one attached hydrogen (secondary N) is 1. The number of para-hydroxylation sites is 1. The molecule has 2 heterocycles. The second-order valence-corrected chi connectivity index (χ2v) is 5.29. The van der Waals surface area contributed by atoms with E-state index < -0.39 is 0 Å². The van der Waals surface area contributed by atoms with E-state index in [9.17, 15) is 4.79 Å². The van der Waals surface area contributed by atoms with Gasteiger partial charge in [0.15, 0.2) is 0 Å². The summed E-state index contributed by atoms with van der Waals surface area (Å²) in [6.07, 6.45) is 2.48. The molecule has 1 N–H and O–H groups in total. The zero-order valence-corrected chi connectivity index (χ0v) is 12.4. The molecule has 114 valence electrons. The van der Waals surface area contributed by atoms with Gasteiger partial charge in [-0.05, 0) is 24.1 Å². The summed E-state index contributed by atoms with van der Waals surface area (Å²) in [6.45, 7) is 1.20. The number of carbonyl (C=O) groups excluding carboxylic acids is 1. The van der Waals surface area contributed by atoms with E-state index in [0.29, 0.717) is 24.6 Å². The van der Waals surface area contributed by atoms with E-state index in [0.717, 1.165) is 12.2 Å². The Balaban J connectivity index is 1.58. The van der Waals surface area contributed by atoms with E-state index in [2.05, 4.69) is 16.4 Å². The van der Waals surface area contributed by atoms with Gasteiger partial charge in [-0.3, -0.25) is 4.79 Å². The van der Waals surface area contributed by atoms with Crippen molar-refractivity contribution in [2.75, 3.05) is 20.3 Å². The lowest BCUT2D eigenvalue weighted by Crippen LogP contribution is -2.34. The first-order valence-corrected chi connectivity index (χ1v) is 7.25. The van der Waals surface area contributed by atoms with Crippen LogP contribution in [0, 0.1) is 5.92 Å². The predicted molar refractivity (Wildman–Crippen MR) is 82.3 cm³/mol. The molecule has 2 aromatic rings. The second-order valence-electron chi connectivity index (χ2n) is 5.29. The van der Waals surface area contributed by atoms with Crippen molar-refractivity contribution < 1.29 is 14.3 Å². The normalized spacial score (nSPS) is 16.3. The molecule has 0 spiro atoms. The van der Waals surface area contributed by atoms with Gasteiger partial charge >= 0.3 is 0 Å². The van der Waals surface area contributed by atoms with Crippen LogP contribution in [0.4, 0.5) is 0 Å². The number of hydrogen-bond donors (Lipinski definition) is 1. The lowest BCUT2D eigenvalue weighted by molar-refractivity contribution is 0.0938. The Kier molecular flexibility index (Phi) is 4.23. The fourth-order valence-electron chi connectivity index (χ4n) is 2.52. The second kappa shape index (κ2) is 6.47. The molecule has 1 amide bonds. The zero-order chi connectivity index (χ0) is 15.4. The molecule has 0 unspecified atom stereocenters. The Labute approximate surface area is 129 Å². The van der Waals surface area contributed by atoms with E-state index in [-0.39, 0.29) is 11.8 Å². The molecule has 1 aromatic carbocycles. The largest absolute Gasteiger partial charge is 0.493 e. The van der Waals surface area contributed by atoms with Crippen LogP contribution in [0.1, 0.15) is 15.9 Å². The average molecular weight is 298 g/mol. The van der Waals surface area contributed by atoms with Gasteiger partial charge in [0.25, 0.3) is 5.91 Å². The van der Waals surface area contributed by atoms with Crippen LogP contribution in [0.5, 0.6) is 11.6 Å². The van der Waals surface area contributed by atoms with Crippen molar-refractivity contribution in [3.8, 4) is 11.6 Å². The molecule has 5 heteroatoms. The van der Waals surface area contributed by atoms with E-state index in [1.807, 2.05) is 18.2 Å². The quantitative estimate of drug-likeness (QED) is 0.938. The Hall–Kier alpha value is -2.56. The standard InChI is InChI=1S/C17H18N2O3/c1-21-16-9-14(6-7-18-16)17(20)19-10-12-8-13-4-2-3-5-15(13)22-11-12/h2-7,9,12H,8,10-11H2,1H3,(H,19,20)/t12-/m1/s1. The molecule has 0 saturated heterocycles. The number of ether oxygens (including phenoxy) is 2. The molecule has 0 bridgehead atoms. The smallest absolute Gasteiger partial charge is 0.251 e. The summed E-state index contributed by atoms with van der Waals surface area (Å²) in [7, 11) is 1.53. The minimum atomic E-state index is -0.125. The van der Waals surface area contributed by atoms with Crippen LogP contribution in [-0.4, -0.2) is 31.2 Å². The van der Waals surface area contributed by atoms with E-state index >= 15 is 0 Å². The lowest BCUT2D eigenvalue weighted by Gasteiger charge is -2.25. The van der Waals surface area contributed by atoms with E-state index in [1.165, 1.54) is 12.7 Å². The minimum Gasteiger partial charge on any atom is -0.493 e. The van der Waals surface area contributed by atoms with Crippen molar-refractivity contribution in [3.05, 3.63) is 53.7 Å². The lowest BCUT2D eigenvalue weighted by atomic mass is 9.96. The summed E-state index contributed by atoms with van der Waals surface area (Å²) >= 11 is 0. The SMILES string of the molecule is COc1cc(C(=O)NC[C@@H]2COc3ccccc3C2)ccn1. The highest BCUT2D eigenvalue weighted by Crippen LogP contribution is 2.26. The first kappa shape index (κ1) is 14.4. The number of carbonyl (C=O) groups is 1. The molecule has 0 saturated carbocycles. The monoisotopic (exact) mass is 298 g/mol. The predicted octanol–water partition coefficient (Wildman–Crippen LogP) is 2.07. The van der Waals surface area contributed by atoms with Crippen molar-refractivity contribution in [2.24, 2.45) is 5.92 Å². The number of methoxy groups -OCH3 is 1. The Morgan fingerprint density at radius 3 is 3.14 bits per heavy atom. The van der Waals surface area contributed by atoms with Gasteiger partial charge in [0.05, 0.1) is 13.7 Å². The summed E-state index contributed by atoms with van der Waals surface area (Å²) in [5.74, 6) is 1.54. The van der Waals surface area contributed by atoms with E-state index in [4.69, 9.17) is 9.47 Å². The van der Waals surface area contributed by atoms with Gasteiger partial charge < -0.3 is 14.8 Å². The van der Waals surface area contributed by atoms with Crippen molar-refractivity contribution in [1.29, 1.82) is 0 Å². The van der Waals surface area contributed by atoms with Crippen LogP contribution in [-0.2, 0) is 6.42 Å². The van der Waals surface area contributed by atoms with Crippen LogP contribution < -0.4 is 14.8 Å². The summed E-state index contributed by atoms with van der Waals surface area (Å²) < 4.78 is 10.8. The highest BCUT2D eigenvalue weighted by Gasteiger charge is 2.20. The van der Waals surface area contributed by atoms with Crippen molar-refractivity contribution in [1.82, 2.24) is 10.3 Å². The number of rotatable bonds is 4. The fourth-order valence-corrected chi connectivity index (χ4v) is 2.52. The third-order valence-corrected chi connectivity index (χ3v) is 3.71. The molecule has 22 heavy (non-hydrogen) atoms. The molecule has 1 aliphatic rings. The Morgan fingerprint density at radius 1 is 1.41 bits per heavy atom. The highest BCUT2D eigenvalue weighted by atomic mass is 16.5. The van der Waals surface area contributed by atoms with Gasteiger partial charge in [0.1, 0.15) is 5.75 Å². The van der Waals surface area contributed by atoms with Crippen LogP contribution in [0.15, 0.2) is 42.6 Å². The molecule has 1 atom stereocenters. The maximum Gasteiger partial charge on any atom is 0.251 e. The summed E-state index contributed by atoms with van der Waals surface area (Å²) in [6, 6.07) is 11.3. The van der Waals surface area contributed by atoms with E-state index in [1.54, 1.807) is 18.3 Å². The van der Waals surface area contributed by atoms with Crippen LogP contribution >= 0.6 is 0 Å². The Bertz CT molecular complexity index is 672. The molecule has 0 radical (unpaired) electrons. The third-order valence-electron chi connectivity index (χ3n) is 3.71. The van der Waals surface area contributed by atoms with Gasteiger partial charge in [0.2, 0.25) is 5.88 Å². The Morgan fingerprint density at radius 2 is 2.27 bits per heavy atom. The zero-order valence-electron chi connectivity index (χ0n) is 12.4. The fraction of sp³-hybridized carbons (Fsp3) is 0.294. The number of benzene rings is 1. The molecule has 1 aliphatic heterocycles. The molecule has 3 rings (SSSR count). The minimum absolute atomic E-state index is 0.125. The summed E-state index contributed by atoms with van der Waals surface area (Å²) in [5, 5.41) is 2.95. The van der Waals surface area contributed by atoms with Crippen LogP contribution in [0.3, 0.4) is 0 Å². The number of nitrogens with zero attached hydrogens (tertiary/aromatic N) is 1. The number of aromatic nitrogens is 1. The first-order chi connectivity index (χ1) is 10.8. The van der Waals surface area contributed by atoms with Crippen LogP contribution in [0.25, 0.3) is 0 Å². The van der Waals surface area contributed by atoms with Gasteiger partial charge in [-0.2, -0.15) is 0 Å². The number of pyridine rings is 1. The molecule has 5 nitrogen and oxygen atoms in total. The van der Waals surface area contributed by atoms with Gasteiger partial charge in [0, 0.05) is 30.3 Å². The number of hydrogen-bond acceptors (Lipinski definition) is 4. The molecule has 1 aromatic heterocycles. The topological polar surface area (TPSA) is 60.5 Å². The number of fused-ring (bicyclic) bond motifs is 1. The van der Waals surface area contributed by atoms with Crippen LogP contribution in [0.2, 0.25) is 0 Å². The highest BCUT2D eigenvalue weighted by molar-refractivity contribution is 5.94. The molecule has 0 aliphatic carbocycles. The average Bonchev–Trinajstić information content (AvgIpc) is 2.59.